The van der Waals surface area contributed by atoms with E-state index in [1.54, 1.807) is 0 Å². The number of aliphatic hydroxyl groups is 1. The molecule has 0 aliphatic heterocycles. The van der Waals surface area contributed by atoms with Gasteiger partial charge in [0.1, 0.15) is 18.3 Å². The van der Waals surface area contributed by atoms with Crippen molar-refractivity contribution in [2.75, 3.05) is 33.7 Å². The maximum Gasteiger partial charge on any atom is 0.410 e. The second-order valence-electron chi connectivity index (χ2n) is 21.1. The number of hydrogen-bond donors (Lipinski definition) is 1. The minimum atomic E-state index is -0.254. The standard InChI is InChI=1S/C59H116N2O7/c1-8-12-16-31-42-54(43-32-17-13-9-2)66-57(63)48-37-26-22-20-24-35-46-56(68-59(65)61(52-40-50-60(6)7)51-39-29-28-30-41-53(5)62)47-36-25-21-23-27-38-49-58(64)67-55(44-33-18-14-10-3)45-34-19-15-11-4/h53-56,62H,8-52H2,1-7H3. The van der Waals surface area contributed by atoms with Crippen LogP contribution in [0.25, 0.3) is 0 Å². The van der Waals surface area contributed by atoms with Gasteiger partial charge in [-0.3, -0.25) is 9.59 Å². The van der Waals surface area contributed by atoms with E-state index < -0.39 is 0 Å². The quantitative estimate of drug-likeness (QED) is 0.0365. The van der Waals surface area contributed by atoms with Crippen LogP contribution in [0, 0.1) is 0 Å². The molecule has 0 aromatic rings. The summed E-state index contributed by atoms with van der Waals surface area (Å²) in [6, 6.07) is 0. The fourth-order valence-electron chi connectivity index (χ4n) is 9.35. The van der Waals surface area contributed by atoms with Crippen molar-refractivity contribution in [2.24, 2.45) is 0 Å². The first kappa shape index (κ1) is 66.1. The minimum absolute atomic E-state index is 0.0114. The Morgan fingerprint density at radius 1 is 0.368 bits per heavy atom. The van der Waals surface area contributed by atoms with Gasteiger partial charge < -0.3 is 29.1 Å². The summed E-state index contributed by atoms with van der Waals surface area (Å²) < 4.78 is 18.4. The Morgan fingerprint density at radius 3 is 1.01 bits per heavy atom. The Hall–Kier alpha value is -1.87. The Balaban J connectivity index is 5.06. The molecular formula is C59H116N2O7. The summed E-state index contributed by atoms with van der Waals surface area (Å²) in [5.74, 6) is -0.0227. The highest BCUT2D eigenvalue weighted by atomic mass is 16.6. The van der Waals surface area contributed by atoms with Crippen LogP contribution in [0.4, 0.5) is 4.79 Å². The number of nitrogens with zero attached hydrogens (tertiary/aromatic N) is 2. The van der Waals surface area contributed by atoms with Crippen molar-refractivity contribution in [3.05, 3.63) is 0 Å². The van der Waals surface area contributed by atoms with Crippen molar-refractivity contribution in [1.29, 1.82) is 0 Å². The van der Waals surface area contributed by atoms with Gasteiger partial charge in [-0.15, -0.1) is 0 Å². The summed E-state index contributed by atoms with van der Waals surface area (Å²) in [4.78, 5) is 43.5. The van der Waals surface area contributed by atoms with Gasteiger partial charge in [0.05, 0.1) is 6.10 Å². The monoisotopic (exact) mass is 965 g/mol. The molecule has 9 nitrogen and oxygen atoms in total. The van der Waals surface area contributed by atoms with Crippen molar-refractivity contribution in [2.45, 2.75) is 329 Å². The number of esters is 2. The molecule has 0 aliphatic carbocycles. The number of amides is 1. The lowest BCUT2D eigenvalue weighted by molar-refractivity contribution is -0.151. The second kappa shape index (κ2) is 50.1. The lowest BCUT2D eigenvalue weighted by Gasteiger charge is -2.26. The second-order valence-corrected chi connectivity index (χ2v) is 21.1. The van der Waals surface area contributed by atoms with E-state index in [9.17, 15) is 19.5 Å². The highest BCUT2D eigenvalue weighted by Gasteiger charge is 2.21. The van der Waals surface area contributed by atoms with E-state index in [2.05, 4.69) is 46.7 Å². The zero-order chi connectivity index (χ0) is 50.1. The number of carbonyl (C=O) groups excluding carboxylic acids is 3. The molecule has 0 bridgehead atoms. The van der Waals surface area contributed by atoms with Crippen molar-refractivity contribution in [3.63, 3.8) is 0 Å². The van der Waals surface area contributed by atoms with Crippen LogP contribution in [-0.4, -0.2) is 91.1 Å². The first-order valence-electron chi connectivity index (χ1n) is 29.7. The largest absolute Gasteiger partial charge is 0.462 e. The third-order valence-corrected chi connectivity index (χ3v) is 13.8. The molecule has 0 aromatic heterocycles. The van der Waals surface area contributed by atoms with Gasteiger partial charge in [-0.05, 0) is 137 Å². The molecule has 1 amide bonds. The predicted molar refractivity (Wildman–Crippen MR) is 288 cm³/mol. The summed E-state index contributed by atoms with van der Waals surface area (Å²) in [6.45, 7) is 13.2. The van der Waals surface area contributed by atoms with Crippen LogP contribution in [0.15, 0.2) is 0 Å². The molecular weight excluding hydrogens is 849 g/mol. The SMILES string of the molecule is CCCCCCC(CCCCCC)OC(=O)CCCCCCCCC(CCCCCCCCC(=O)OC(CCCCCC)CCCCCC)OC(=O)N(CCCCCCC(C)O)CCCN(C)C. The number of carbonyl (C=O) groups is 3. The van der Waals surface area contributed by atoms with Crippen LogP contribution in [-0.2, 0) is 23.8 Å². The van der Waals surface area contributed by atoms with E-state index in [-0.39, 0.29) is 42.4 Å². The topological polar surface area (TPSA) is 106 Å². The molecule has 0 spiro atoms. The Morgan fingerprint density at radius 2 is 0.662 bits per heavy atom. The predicted octanol–water partition coefficient (Wildman–Crippen LogP) is 17.0. The van der Waals surface area contributed by atoms with E-state index >= 15 is 0 Å². The van der Waals surface area contributed by atoms with Gasteiger partial charge in [0.25, 0.3) is 0 Å². The molecule has 9 heteroatoms. The van der Waals surface area contributed by atoms with Crippen LogP contribution in [0.2, 0.25) is 0 Å². The summed E-state index contributed by atoms with van der Waals surface area (Å²) in [7, 11) is 4.15. The molecule has 1 unspecified atom stereocenters. The van der Waals surface area contributed by atoms with E-state index in [0.717, 1.165) is 186 Å². The van der Waals surface area contributed by atoms with Crippen LogP contribution >= 0.6 is 0 Å². The summed E-state index contributed by atoms with van der Waals surface area (Å²) >= 11 is 0. The highest BCUT2D eigenvalue weighted by molar-refractivity contribution is 5.70. The Labute approximate surface area is 422 Å². The van der Waals surface area contributed by atoms with Gasteiger partial charge >= 0.3 is 18.0 Å². The summed E-state index contributed by atoms with van der Waals surface area (Å²) in [5.41, 5.74) is 0. The number of rotatable bonds is 52. The number of aliphatic hydroxyl groups excluding tert-OH is 1. The zero-order valence-corrected chi connectivity index (χ0v) is 46.4. The molecule has 0 saturated heterocycles. The molecule has 0 fully saturated rings. The molecule has 0 heterocycles. The van der Waals surface area contributed by atoms with Gasteiger partial charge in [-0.1, -0.05) is 175 Å². The average molecular weight is 966 g/mol. The van der Waals surface area contributed by atoms with Crippen molar-refractivity contribution in [1.82, 2.24) is 9.80 Å². The maximum atomic E-state index is 13.8. The first-order chi connectivity index (χ1) is 33.1. The van der Waals surface area contributed by atoms with E-state index in [0.29, 0.717) is 25.9 Å². The van der Waals surface area contributed by atoms with Gasteiger partial charge in [0.2, 0.25) is 0 Å². The Kier molecular flexibility index (Phi) is 48.7. The molecule has 0 aliphatic rings. The lowest BCUT2D eigenvalue weighted by Crippen LogP contribution is -2.37. The van der Waals surface area contributed by atoms with Crippen molar-refractivity contribution < 1.29 is 33.7 Å². The third kappa shape index (κ3) is 45.3. The Bertz CT molecular complexity index is 1020. The molecule has 0 aromatic carbocycles. The fourth-order valence-corrected chi connectivity index (χ4v) is 9.35. The minimum Gasteiger partial charge on any atom is -0.462 e. The maximum absolute atomic E-state index is 13.8. The van der Waals surface area contributed by atoms with Gasteiger partial charge in [0.15, 0.2) is 0 Å². The average Bonchev–Trinajstić information content (AvgIpc) is 3.30. The van der Waals surface area contributed by atoms with Crippen LogP contribution < -0.4 is 0 Å². The number of unbranched alkanes of at least 4 members (excludes halogenated alkanes) is 25. The molecule has 1 atom stereocenters. The lowest BCUT2D eigenvalue weighted by atomic mass is 10.0. The first-order valence-corrected chi connectivity index (χ1v) is 29.7. The van der Waals surface area contributed by atoms with Gasteiger partial charge in [-0.2, -0.15) is 0 Å². The fraction of sp³-hybridized carbons (Fsp3) is 0.949. The van der Waals surface area contributed by atoms with E-state index in [1.165, 1.54) is 77.0 Å². The van der Waals surface area contributed by atoms with Crippen LogP contribution in [0.3, 0.4) is 0 Å². The summed E-state index contributed by atoms with van der Waals surface area (Å²) in [6.07, 6.45) is 44.5. The van der Waals surface area contributed by atoms with Crippen molar-refractivity contribution >= 4 is 18.0 Å². The molecule has 0 rings (SSSR count). The highest BCUT2D eigenvalue weighted by Crippen LogP contribution is 2.22. The van der Waals surface area contributed by atoms with E-state index in [1.807, 2.05) is 11.8 Å². The molecule has 1 N–H and O–H groups in total. The number of ether oxygens (including phenoxy) is 3. The normalized spacial score (nSPS) is 12.2. The molecule has 404 valence electrons. The van der Waals surface area contributed by atoms with E-state index in [4.69, 9.17) is 14.2 Å². The zero-order valence-electron chi connectivity index (χ0n) is 46.4. The van der Waals surface area contributed by atoms with Crippen LogP contribution in [0.1, 0.15) is 304 Å². The smallest absolute Gasteiger partial charge is 0.410 e. The van der Waals surface area contributed by atoms with Crippen LogP contribution in [0.5, 0.6) is 0 Å². The third-order valence-electron chi connectivity index (χ3n) is 13.8. The van der Waals surface area contributed by atoms with Crippen molar-refractivity contribution in [3.8, 4) is 0 Å². The molecule has 0 radical (unpaired) electrons. The molecule has 0 saturated carbocycles. The van der Waals surface area contributed by atoms with Gasteiger partial charge in [0, 0.05) is 25.9 Å². The molecule has 68 heavy (non-hydrogen) atoms. The number of hydrogen-bond acceptors (Lipinski definition) is 8. The summed E-state index contributed by atoms with van der Waals surface area (Å²) in [5, 5.41) is 9.65. The van der Waals surface area contributed by atoms with Gasteiger partial charge in [-0.25, -0.2) is 4.79 Å².